The zero-order valence-electron chi connectivity index (χ0n) is 20.0. The van der Waals surface area contributed by atoms with Gasteiger partial charge >= 0.3 is 6.03 Å². The molecule has 0 radical (unpaired) electrons. The number of benzene rings is 2. The zero-order chi connectivity index (χ0) is 24.1. The quantitative estimate of drug-likeness (QED) is 0.540. The van der Waals surface area contributed by atoms with Crippen LogP contribution in [0.5, 0.6) is 5.75 Å². The number of nitrogens with one attached hydrogen (secondary N) is 1. The van der Waals surface area contributed by atoms with Crippen molar-refractivity contribution >= 4 is 29.2 Å². The molecule has 1 heterocycles. The van der Waals surface area contributed by atoms with Crippen LogP contribution < -0.4 is 15.0 Å². The molecule has 1 unspecified atom stereocenters. The number of rotatable bonds is 8. The topological polar surface area (TPSA) is 79.0 Å². The summed E-state index contributed by atoms with van der Waals surface area (Å²) in [6.45, 7) is 4.61. The van der Waals surface area contributed by atoms with E-state index in [4.69, 9.17) is 4.74 Å². The molecule has 7 heteroatoms. The Morgan fingerprint density at radius 3 is 2.47 bits per heavy atom. The molecule has 180 valence electrons. The molecule has 2 aromatic carbocycles. The maximum absolute atomic E-state index is 13.5. The molecule has 4 rings (SSSR count). The number of carbonyl (C=O) groups excluding carboxylic acids is 3. The van der Waals surface area contributed by atoms with E-state index < -0.39 is 6.04 Å². The lowest BCUT2D eigenvalue weighted by Gasteiger charge is -2.33. The maximum Gasteiger partial charge on any atom is 0.332 e. The van der Waals surface area contributed by atoms with Crippen molar-refractivity contribution in [3.8, 4) is 5.75 Å². The van der Waals surface area contributed by atoms with Crippen molar-refractivity contribution in [3.63, 3.8) is 0 Å². The van der Waals surface area contributed by atoms with Gasteiger partial charge in [0.1, 0.15) is 11.8 Å². The second kappa shape index (κ2) is 10.7. The predicted molar refractivity (Wildman–Crippen MR) is 132 cm³/mol. The van der Waals surface area contributed by atoms with Crippen LogP contribution in [0.15, 0.2) is 48.5 Å². The van der Waals surface area contributed by atoms with E-state index in [1.165, 1.54) is 4.90 Å². The Morgan fingerprint density at radius 2 is 1.79 bits per heavy atom. The molecule has 0 aromatic heterocycles. The summed E-state index contributed by atoms with van der Waals surface area (Å²) < 4.78 is 5.59. The summed E-state index contributed by atoms with van der Waals surface area (Å²) in [5, 5.41) is 2.87. The van der Waals surface area contributed by atoms with E-state index >= 15 is 0 Å². The summed E-state index contributed by atoms with van der Waals surface area (Å²) in [6.07, 6.45) is 5.76. The van der Waals surface area contributed by atoms with Crippen molar-refractivity contribution in [2.24, 2.45) is 0 Å². The number of amides is 4. The summed E-state index contributed by atoms with van der Waals surface area (Å²) in [7, 11) is 0. The number of aryl methyl sites for hydroxylation is 1. The number of carbonyl (C=O) groups is 3. The SMILES string of the molecule is CCCOc1ccc(NC(=O)CC2C(=O)N(c3cccc(C)c3)C(=O)N2C2CCCCC2)cc1. The Morgan fingerprint density at radius 1 is 1.06 bits per heavy atom. The van der Waals surface area contributed by atoms with Gasteiger partial charge in [-0.05, 0) is 68.1 Å². The van der Waals surface area contributed by atoms with Crippen LogP contribution in [-0.4, -0.2) is 41.4 Å². The Bertz CT molecular complexity index is 1030. The van der Waals surface area contributed by atoms with Gasteiger partial charge in [0, 0.05) is 11.7 Å². The van der Waals surface area contributed by atoms with E-state index in [1.54, 1.807) is 23.1 Å². The lowest BCUT2D eigenvalue weighted by molar-refractivity contribution is -0.125. The number of urea groups is 1. The van der Waals surface area contributed by atoms with Gasteiger partial charge in [-0.25, -0.2) is 9.69 Å². The van der Waals surface area contributed by atoms with Crippen molar-refractivity contribution in [2.45, 2.75) is 70.9 Å². The van der Waals surface area contributed by atoms with E-state index in [0.29, 0.717) is 18.0 Å². The van der Waals surface area contributed by atoms with E-state index in [9.17, 15) is 14.4 Å². The molecule has 1 aliphatic heterocycles. The molecule has 2 fully saturated rings. The second-order valence-electron chi connectivity index (χ2n) is 9.14. The average molecular weight is 464 g/mol. The molecule has 1 saturated heterocycles. The van der Waals surface area contributed by atoms with E-state index in [2.05, 4.69) is 5.32 Å². The van der Waals surface area contributed by atoms with Gasteiger partial charge in [0.15, 0.2) is 0 Å². The van der Waals surface area contributed by atoms with E-state index in [1.807, 2.05) is 44.2 Å². The Hall–Kier alpha value is -3.35. The summed E-state index contributed by atoms with van der Waals surface area (Å²) in [5.41, 5.74) is 2.15. The third-order valence-electron chi connectivity index (χ3n) is 6.47. The fourth-order valence-electron chi connectivity index (χ4n) is 4.81. The number of nitrogens with zero attached hydrogens (tertiary/aromatic N) is 2. The largest absolute Gasteiger partial charge is 0.494 e. The summed E-state index contributed by atoms with van der Waals surface area (Å²) >= 11 is 0. The van der Waals surface area contributed by atoms with Crippen LogP contribution in [0.3, 0.4) is 0 Å². The van der Waals surface area contributed by atoms with Gasteiger partial charge in [0.25, 0.3) is 5.91 Å². The van der Waals surface area contributed by atoms with Crippen molar-refractivity contribution in [1.29, 1.82) is 0 Å². The standard InChI is InChI=1S/C27H33N3O4/c1-3-16-34-23-14-12-20(13-15-23)28-25(31)18-24-26(32)30(22-11-7-8-19(2)17-22)27(33)29(24)21-9-5-4-6-10-21/h7-8,11-15,17,21,24H,3-6,9-10,16,18H2,1-2H3,(H,28,31). The molecular formula is C27H33N3O4. The van der Waals surface area contributed by atoms with Crippen LogP contribution in [0.1, 0.15) is 57.4 Å². The van der Waals surface area contributed by atoms with E-state index in [-0.39, 0.29) is 30.3 Å². The lowest BCUT2D eigenvalue weighted by Crippen LogP contribution is -2.45. The summed E-state index contributed by atoms with van der Waals surface area (Å²) in [4.78, 5) is 42.8. The minimum atomic E-state index is -0.803. The molecule has 2 aromatic rings. The van der Waals surface area contributed by atoms with Crippen LogP contribution in [0.25, 0.3) is 0 Å². The number of hydrogen-bond acceptors (Lipinski definition) is 4. The third kappa shape index (κ3) is 5.24. The normalized spacial score (nSPS) is 18.9. The Labute approximate surface area is 201 Å². The van der Waals surface area contributed by atoms with Gasteiger partial charge in [0.2, 0.25) is 5.91 Å². The Balaban J connectivity index is 1.51. The van der Waals surface area contributed by atoms with Gasteiger partial charge in [0.05, 0.1) is 18.7 Å². The van der Waals surface area contributed by atoms with E-state index in [0.717, 1.165) is 49.8 Å². The van der Waals surface area contributed by atoms with Gasteiger partial charge in [-0.2, -0.15) is 0 Å². The molecule has 1 N–H and O–H groups in total. The maximum atomic E-state index is 13.5. The fourth-order valence-corrected chi connectivity index (χ4v) is 4.81. The summed E-state index contributed by atoms with van der Waals surface area (Å²) in [5.74, 6) is 0.119. The highest BCUT2D eigenvalue weighted by molar-refractivity contribution is 6.22. The Kier molecular flexibility index (Phi) is 7.50. The summed E-state index contributed by atoms with van der Waals surface area (Å²) in [6, 6.07) is 13.4. The lowest BCUT2D eigenvalue weighted by atomic mass is 9.93. The van der Waals surface area contributed by atoms with Crippen LogP contribution in [0.4, 0.5) is 16.2 Å². The third-order valence-corrected chi connectivity index (χ3v) is 6.47. The van der Waals surface area contributed by atoms with Crippen LogP contribution in [0.2, 0.25) is 0 Å². The molecule has 2 aliphatic rings. The number of ether oxygens (including phenoxy) is 1. The molecule has 0 bridgehead atoms. The number of anilines is 2. The molecule has 0 spiro atoms. The minimum Gasteiger partial charge on any atom is -0.494 e. The molecule has 1 atom stereocenters. The van der Waals surface area contributed by atoms with Gasteiger partial charge in [-0.3, -0.25) is 9.59 Å². The second-order valence-corrected chi connectivity index (χ2v) is 9.14. The number of hydrogen-bond donors (Lipinski definition) is 1. The van der Waals surface area contributed by atoms with Crippen molar-refractivity contribution in [3.05, 3.63) is 54.1 Å². The van der Waals surface area contributed by atoms with Crippen molar-refractivity contribution in [2.75, 3.05) is 16.8 Å². The molecule has 34 heavy (non-hydrogen) atoms. The molecule has 1 aliphatic carbocycles. The van der Waals surface area contributed by atoms with Gasteiger partial charge < -0.3 is 15.0 Å². The van der Waals surface area contributed by atoms with Crippen molar-refractivity contribution in [1.82, 2.24) is 4.90 Å². The van der Waals surface area contributed by atoms with Gasteiger partial charge in [-0.15, -0.1) is 0 Å². The highest BCUT2D eigenvalue weighted by Crippen LogP contribution is 2.34. The first-order valence-electron chi connectivity index (χ1n) is 12.2. The molecule has 1 saturated carbocycles. The molecule has 4 amide bonds. The first kappa shape index (κ1) is 23.8. The fraction of sp³-hybridized carbons (Fsp3) is 0.444. The first-order chi connectivity index (χ1) is 16.5. The van der Waals surface area contributed by atoms with Crippen LogP contribution in [0, 0.1) is 6.92 Å². The highest BCUT2D eigenvalue weighted by atomic mass is 16.5. The smallest absolute Gasteiger partial charge is 0.332 e. The monoisotopic (exact) mass is 463 g/mol. The van der Waals surface area contributed by atoms with Gasteiger partial charge in [-0.1, -0.05) is 38.3 Å². The first-order valence-corrected chi connectivity index (χ1v) is 12.2. The minimum absolute atomic E-state index is 0.0205. The zero-order valence-corrected chi connectivity index (χ0v) is 20.0. The van der Waals surface area contributed by atoms with Crippen LogP contribution in [-0.2, 0) is 9.59 Å². The van der Waals surface area contributed by atoms with Crippen molar-refractivity contribution < 1.29 is 19.1 Å². The molecular weight excluding hydrogens is 430 g/mol. The molecule has 7 nitrogen and oxygen atoms in total. The number of imide groups is 1. The van der Waals surface area contributed by atoms with Crippen LogP contribution >= 0.6 is 0 Å². The predicted octanol–water partition coefficient (Wildman–Crippen LogP) is 5.28. The highest BCUT2D eigenvalue weighted by Gasteiger charge is 2.49. The average Bonchev–Trinajstić information content (AvgIpc) is 3.08.